The van der Waals surface area contributed by atoms with Crippen molar-refractivity contribution in [2.24, 2.45) is 0 Å². The van der Waals surface area contributed by atoms with E-state index < -0.39 is 0 Å². The second kappa shape index (κ2) is 9.44. The molecular formula is C21H25N5O3S. The number of carbonyl (C=O) groups excluding carboxylic acids is 1. The van der Waals surface area contributed by atoms with Crippen molar-refractivity contribution in [3.8, 4) is 5.75 Å². The summed E-state index contributed by atoms with van der Waals surface area (Å²) in [6.45, 7) is 1.96. The summed E-state index contributed by atoms with van der Waals surface area (Å²) < 4.78 is 12.6. The van der Waals surface area contributed by atoms with E-state index in [1.165, 1.54) is 11.8 Å². The Morgan fingerprint density at radius 3 is 2.93 bits per heavy atom. The highest BCUT2D eigenvalue weighted by Gasteiger charge is 2.20. The van der Waals surface area contributed by atoms with Crippen molar-refractivity contribution in [3.63, 3.8) is 0 Å². The topological polar surface area (TPSA) is 82.4 Å². The third-order valence-corrected chi connectivity index (χ3v) is 6.12. The molecule has 0 N–H and O–H groups in total. The highest BCUT2D eigenvalue weighted by atomic mass is 32.2. The number of aromatic nitrogens is 4. The highest BCUT2D eigenvalue weighted by Crippen LogP contribution is 2.23. The number of tetrazole rings is 1. The van der Waals surface area contributed by atoms with Crippen molar-refractivity contribution < 1.29 is 14.3 Å². The molecule has 3 aromatic rings. The normalized spacial score (nSPS) is 16.1. The van der Waals surface area contributed by atoms with E-state index in [1.54, 1.807) is 16.7 Å². The van der Waals surface area contributed by atoms with Gasteiger partial charge in [-0.25, -0.2) is 4.68 Å². The molecule has 1 fully saturated rings. The number of rotatable bonds is 8. The molecule has 0 radical (unpaired) electrons. The van der Waals surface area contributed by atoms with Crippen LogP contribution in [0.2, 0.25) is 0 Å². The lowest BCUT2D eigenvalue weighted by Crippen LogP contribution is -2.28. The van der Waals surface area contributed by atoms with Gasteiger partial charge in [-0.15, -0.1) is 5.10 Å². The van der Waals surface area contributed by atoms with Gasteiger partial charge in [-0.2, -0.15) is 0 Å². The molecule has 2 heterocycles. The molecular weight excluding hydrogens is 402 g/mol. The third-order valence-electron chi connectivity index (χ3n) is 5.18. The number of amides is 1. The molecule has 0 aliphatic carbocycles. The van der Waals surface area contributed by atoms with Crippen molar-refractivity contribution >= 4 is 28.4 Å². The minimum Gasteiger partial charge on any atom is -0.497 e. The molecule has 1 amide bonds. The first kappa shape index (κ1) is 20.6. The molecule has 1 aliphatic heterocycles. The van der Waals surface area contributed by atoms with Crippen LogP contribution in [-0.4, -0.2) is 63.6 Å². The summed E-state index contributed by atoms with van der Waals surface area (Å²) in [6.07, 6.45) is 2.24. The third kappa shape index (κ3) is 4.91. The van der Waals surface area contributed by atoms with Gasteiger partial charge in [0.2, 0.25) is 11.1 Å². The maximum absolute atomic E-state index is 12.6. The molecule has 1 atom stereocenters. The fourth-order valence-corrected chi connectivity index (χ4v) is 4.32. The van der Waals surface area contributed by atoms with Crippen LogP contribution in [0.25, 0.3) is 10.8 Å². The van der Waals surface area contributed by atoms with E-state index in [0.29, 0.717) is 18.2 Å². The van der Waals surface area contributed by atoms with E-state index in [1.807, 2.05) is 31.3 Å². The van der Waals surface area contributed by atoms with E-state index >= 15 is 0 Å². The molecule has 2 aromatic carbocycles. The quantitative estimate of drug-likeness (QED) is 0.511. The first-order chi connectivity index (χ1) is 14.6. The average molecular weight is 428 g/mol. The zero-order valence-electron chi connectivity index (χ0n) is 17.2. The van der Waals surface area contributed by atoms with Gasteiger partial charge in [-0.1, -0.05) is 30.0 Å². The maximum atomic E-state index is 12.6. The van der Waals surface area contributed by atoms with Gasteiger partial charge in [0.25, 0.3) is 0 Å². The van der Waals surface area contributed by atoms with Crippen molar-refractivity contribution in [1.82, 2.24) is 25.1 Å². The van der Waals surface area contributed by atoms with Crippen LogP contribution in [0, 0.1) is 0 Å². The van der Waals surface area contributed by atoms with Crippen LogP contribution in [0.15, 0.2) is 41.6 Å². The minimum atomic E-state index is 0.0292. The molecule has 158 valence electrons. The summed E-state index contributed by atoms with van der Waals surface area (Å²) in [5, 5.41) is 14.7. The van der Waals surface area contributed by atoms with Crippen molar-refractivity contribution in [2.75, 3.05) is 26.5 Å². The fourth-order valence-electron chi connectivity index (χ4n) is 3.49. The summed E-state index contributed by atoms with van der Waals surface area (Å²) >= 11 is 1.36. The predicted molar refractivity (Wildman–Crippen MR) is 114 cm³/mol. The van der Waals surface area contributed by atoms with Crippen LogP contribution < -0.4 is 4.74 Å². The number of hydrogen-bond donors (Lipinski definition) is 0. The standard InChI is InChI=1S/C21H25N5O3S/c1-25(12-15-5-6-17-11-18(28-2)8-7-16(17)10-15)20(27)14-30-21-22-23-24-26(21)13-19-4-3-9-29-19/h5-8,10-11,19H,3-4,9,12-14H2,1-2H3/t19-/m0/s1. The van der Waals surface area contributed by atoms with Gasteiger partial charge in [0.05, 0.1) is 25.5 Å². The Hall–Kier alpha value is -2.65. The van der Waals surface area contributed by atoms with E-state index in [0.717, 1.165) is 41.5 Å². The lowest BCUT2D eigenvalue weighted by Gasteiger charge is -2.17. The Morgan fingerprint density at radius 1 is 1.30 bits per heavy atom. The summed E-state index contributed by atoms with van der Waals surface area (Å²) in [5.41, 5.74) is 1.08. The Morgan fingerprint density at radius 2 is 2.13 bits per heavy atom. The van der Waals surface area contributed by atoms with Crippen molar-refractivity contribution in [3.05, 3.63) is 42.0 Å². The molecule has 0 saturated carbocycles. The van der Waals surface area contributed by atoms with E-state index in [-0.39, 0.29) is 17.8 Å². The summed E-state index contributed by atoms with van der Waals surface area (Å²) in [7, 11) is 3.48. The summed E-state index contributed by atoms with van der Waals surface area (Å²) in [5.74, 6) is 1.15. The number of nitrogens with zero attached hydrogens (tertiary/aromatic N) is 5. The van der Waals surface area contributed by atoms with Gasteiger partial charge in [0, 0.05) is 20.2 Å². The number of carbonyl (C=O) groups is 1. The smallest absolute Gasteiger partial charge is 0.233 e. The summed E-state index contributed by atoms with van der Waals surface area (Å²) in [6, 6.07) is 12.2. The predicted octanol–water partition coefficient (Wildman–Crippen LogP) is 2.76. The molecule has 1 saturated heterocycles. The second-order valence-corrected chi connectivity index (χ2v) is 8.31. The molecule has 0 spiro atoms. The lowest BCUT2D eigenvalue weighted by molar-refractivity contribution is -0.127. The van der Waals surface area contributed by atoms with Gasteiger partial charge in [0.15, 0.2) is 0 Å². The Bertz CT molecular complexity index is 1020. The van der Waals surface area contributed by atoms with Gasteiger partial charge in [-0.3, -0.25) is 4.79 Å². The molecule has 0 unspecified atom stereocenters. The lowest BCUT2D eigenvalue weighted by atomic mass is 10.1. The molecule has 0 bridgehead atoms. The zero-order valence-corrected chi connectivity index (χ0v) is 18.0. The monoisotopic (exact) mass is 427 g/mol. The summed E-state index contributed by atoms with van der Waals surface area (Å²) in [4.78, 5) is 14.4. The van der Waals surface area contributed by atoms with Crippen molar-refractivity contribution in [2.45, 2.75) is 37.2 Å². The number of methoxy groups -OCH3 is 1. The highest BCUT2D eigenvalue weighted by molar-refractivity contribution is 7.99. The van der Waals surface area contributed by atoms with E-state index in [2.05, 4.69) is 27.7 Å². The number of benzene rings is 2. The van der Waals surface area contributed by atoms with E-state index in [4.69, 9.17) is 9.47 Å². The Balaban J connectivity index is 1.33. The number of ether oxygens (including phenoxy) is 2. The fraction of sp³-hybridized carbons (Fsp3) is 0.429. The first-order valence-electron chi connectivity index (χ1n) is 9.93. The van der Waals surface area contributed by atoms with Crippen molar-refractivity contribution in [1.29, 1.82) is 0 Å². The first-order valence-corrected chi connectivity index (χ1v) is 10.9. The minimum absolute atomic E-state index is 0.0292. The molecule has 8 nitrogen and oxygen atoms in total. The van der Waals surface area contributed by atoms with Gasteiger partial charge < -0.3 is 14.4 Å². The van der Waals surface area contributed by atoms with Crippen LogP contribution in [0.5, 0.6) is 5.75 Å². The largest absolute Gasteiger partial charge is 0.497 e. The zero-order chi connectivity index (χ0) is 20.9. The van der Waals surface area contributed by atoms with Crippen LogP contribution >= 0.6 is 11.8 Å². The molecule has 1 aliphatic rings. The molecule has 1 aromatic heterocycles. The van der Waals surface area contributed by atoms with Gasteiger partial charge in [0.1, 0.15) is 5.75 Å². The van der Waals surface area contributed by atoms with Crippen LogP contribution in [0.3, 0.4) is 0 Å². The van der Waals surface area contributed by atoms with Gasteiger partial charge in [-0.05, 0) is 57.8 Å². The molecule has 30 heavy (non-hydrogen) atoms. The number of hydrogen-bond acceptors (Lipinski definition) is 7. The van der Waals surface area contributed by atoms with Crippen LogP contribution in [0.1, 0.15) is 18.4 Å². The van der Waals surface area contributed by atoms with Crippen LogP contribution in [-0.2, 0) is 22.6 Å². The van der Waals surface area contributed by atoms with E-state index in [9.17, 15) is 4.79 Å². The second-order valence-electron chi connectivity index (χ2n) is 7.36. The van der Waals surface area contributed by atoms with Gasteiger partial charge >= 0.3 is 0 Å². The number of fused-ring (bicyclic) bond motifs is 1. The van der Waals surface area contributed by atoms with Crippen LogP contribution in [0.4, 0.5) is 0 Å². The average Bonchev–Trinajstić information content (AvgIpc) is 3.44. The molecule has 4 rings (SSSR count). The SMILES string of the molecule is COc1ccc2cc(CN(C)C(=O)CSc3nnnn3C[C@@H]3CCCO3)ccc2c1. The maximum Gasteiger partial charge on any atom is 0.233 e. The molecule has 9 heteroatoms. The Kier molecular flexibility index (Phi) is 6.49. The number of thioether (sulfide) groups is 1. The Labute approximate surface area is 179 Å².